The number of hydrogen-bond donors (Lipinski definition) is 2. The summed E-state index contributed by atoms with van der Waals surface area (Å²) < 4.78 is 42.9. The molecule has 0 radical (unpaired) electrons. The Morgan fingerprint density at radius 3 is 2.68 bits per heavy atom. The van der Waals surface area contributed by atoms with Crippen LogP contribution in [-0.2, 0) is 17.4 Å². The molecule has 5 nitrogen and oxygen atoms in total. The molecule has 1 aromatic heterocycles. The van der Waals surface area contributed by atoms with E-state index in [4.69, 9.17) is 4.74 Å². The molecule has 1 aliphatic heterocycles. The molecule has 0 fully saturated rings. The third-order valence-electron chi connectivity index (χ3n) is 3.76. The van der Waals surface area contributed by atoms with Gasteiger partial charge in [0, 0.05) is 25.7 Å². The van der Waals surface area contributed by atoms with E-state index in [0.717, 1.165) is 23.6 Å². The molecule has 0 saturated heterocycles. The second-order valence-electron chi connectivity index (χ2n) is 5.57. The maximum absolute atomic E-state index is 12.4. The summed E-state index contributed by atoms with van der Waals surface area (Å²) in [5, 5.41) is 5.58. The highest BCUT2D eigenvalue weighted by Gasteiger charge is 2.30. The Labute approximate surface area is 142 Å². The molecule has 0 bridgehead atoms. The molecular weight excluding hydrogens is 335 g/mol. The lowest BCUT2D eigenvalue weighted by Gasteiger charge is -2.12. The van der Waals surface area contributed by atoms with Crippen molar-refractivity contribution in [3.05, 3.63) is 53.7 Å². The molecule has 1 atom stereocenters. The Hall–Kier alpha value is -2.77. The summed E-state index contributed by atoms with van der Waals surface area (Å²) in [6.07, 6.45) is -3.67. The second kappa shape index (κ2) is 7.00. The fourth-order valence-electron chi connectivity index (χ4n) is 2.48. The summed E-state index contributed by atoms with van der Waals surface area (Å²) >= 11 is 0. The number of nitrogens with one attached hydrogen (secondary N) is 2. The minimum absolute atomic E-state index is 0.224. The molecule has 0 aliphatic carbocycles. The average Bonchev–Trinajstić information content (AvgIpc) is 3.02. The van der Waals surface area contributed by atoms with Crippen LogP contribution in [0.25, 0.3) is 0 Å². The first-order chi connectivity index (χ1) is 11.9. The summed E-state index contributed by atoms with van der Waals surface area (Å²) in [4.78, 5) is 15.8. The van der Waals surface area contributed by atoms with Crippen LogP contribution in [0.15, 0.2) is 42.6 Å². The molecule has 0 saturated carbocycles. The van der Waals surface area contributed by atoms with E-state index in [0.29, 0.717) is 25.3 Å². The number of carbonyl (C=O) groups excluding carboxylic acids is 1. The van der Waals surface area contributed by atoms with Crippen LogP contribution in [0.2, 0.25) is 0 Å². The van der Waals surface area contributed by atoms with Gasteiger partial charge in [-0.15, -0.1) is 0 Å². The molecule has 3 rings (SSSR count). The standard InChI is InChI=1S/C17H16F3N3O2/c18-17(19,20)12-5-6-15(23-10-12)21-7-8-22-16(24)14-9-11-3-1-2-4-13(11)25-14/h1-6,10,14H,7-9H2,(H,21,23)(H,22,24)/t14-/m0/s1. The number of pyridine rings is 1. The van der Waals surface area contributed by atoms with Gasteiger partial charge in [-0.25, -0.2) is 4.98 Å². The molecule has 1 amide bonds. The van der Waals surface area contributed by atoms with Gasteiger partial charge in [0.2, 0.25) is 0 Å². The van der Waals surface area contributed by atoms with Crippen molar-refractivity contribution in [3.8, 4) is 5.75 Å². The smallest absolute Gasteiger partial charge is 0.417 e. The Morgan fingerprint density at radius 1 is 1.20 bits per heavy atom. The number of rotatable bonds is 5. The van der Waals surface area contributed by atoms with E-state index in [1.165, 1.54) is 6.07 Å². The molecule has 2 heterocycles. The van der Waals surface area contributed by atoms with Crippen LogP contribution in [0.5, 0.6) is 5.75 Å². The summed E-state index contributed by atoms with van der Waals surface area (Å²) in [7, 11) is 0. The van der Waals surface area contributed by atoms with Crippen LogP contribution in [-0.4, -0.2) is 30.1 Å². The monoisotopic (exact) mass is 351 g/mol. The molecule has 0 spiro atoms. The Kier molecular flexibility index (Phi) is 4.78. The van der Waals surface area contributed by atoms with E-state index in [1.807, 2.05) is 24.3 Å². The molecule has 2 N–H and O–H groups in total. The zero-order valence-electron chi connectivity index (χ0n) is 13.1. The minimum atomic E-state index is -4.40. The lowest BCUT2D eigenvalue weighted by atomic mass is 10.1. The van der Waals surface area contributed by atoms with E-state index in [2.05, 4.69) is 15.6 Å². The number of para-hydroxylation sites is 1. The predicted octanol–water partition coefficient (Wildman–Crippen LogP) is 2.63. The first-order valence-corrected chi connectivity index (χ1v) is 7.73. The van der Waals surface area contributed by atoms with Crippen LogP contribution < -0.4 is 15.4 Å². The summed E-state index contributed by atoms with van der Waals surface area (Å²) in [6, 6.07) is 9.68. The van der Waals surface area contributed by atoms with E-state index >= 15 is 0 Å². The number of carbonyl (C=O) groups is 1. The van der Waals surface area contributed by atoms with Crippen molar-refractivity contribution >= 4 is 11.7 Å². The van der Waals surface area contributed by atoms with Crippen LogP contribution in [0.4, 0.5) is 19.0 Å². The SMILES string of the molecule is O=C(NCCNc1ccc(C(F)(F)F)cn1)[C@@H]1Cc2ccccc2O1. The van der Waals surface area contributed by atoms with Gasteiger partial charge in [-0.2, -0.15) is 13.2 Å². The molecule has 0 unspecified atom stereocenters. The number of aromatic nitrogens is 1. The summed E-state index contributed by atoms with van der Waals surface area (Å²) in [5.74, 6) is 0.805. The zero-order valence-corrected chi connectivity index (χ0v) is 13.1. The van der Waals surface area contributed by atoms with Gasteiger partial charge >= 0.3 is 6.18 Å². The van der Waals surface area contributed by atoms with Crippen LogP contribution in [0.1, 0.15) is 11.1 Å². The van der Waals surface area contributed by atoms with Crippen molar-refractivity contribution < 1.29 is 22.7 Å². The lowest BCUT2D eigenvalue weighted by molar-refractivity contribution is -0.137. The largest absolute Gasteiger partial charge is 0.480 e. The average molecular weight is 351 g/mol. The maximum atomic E-state index is 12.4. The van der Waals surface area contributed by atoms with Crippen molar-refractivity contribution in [1.29, 1.82) is 0 Å². The van der Waals surface area contributed by atoms with Crippen molar-refractivity contribution in [2.75, 3.05) is 18.4 Å². The molecule has 8 heteroatoms. The highest BCUT2D eigenvalue weighted by atomic mass is 19.4. The van der Waals surface area contributed by atoms with E-state index < -0.39 is 17.8 Å². The number of hydrogen-bond acceptors (Lipinski definition) is 4. The number of ether oxygens (including phenoxy) is 1. The minimum Gasteiger partial charge on any atom is -0.480 e. The van der Waals surface area contributed by atoms with Gasteiger partial charge in [0.05, 0.1) is 5.56 Å². The highest BCUT2D eigenvalue weighted by Crippen LogP contribution is 2.29. The third kappa shape index (κ3) is 4.20. The van der Waals surface area contributed by atoms with Crippen LogP contribution >= 0.6 is 0 Å². The van der Waals surface area contributed by atoms with Crippen molar-refractivity contribution in [2.45, 2.75) is 18.7 Å². The van der Waals surface area contributed by atoms with Crippen molar-refractivity contribution in [2.24, 2.45) is 0 Å². The quantitative estimate of drug-likeness (QED) is 0.813. The van der Waals surface area contributed by atoms with Gasteiger partial charge in [0.15, 0.2) is 6.10 Å². The molecule has 1 aliphatic rings. The lowest BCUT2D eigenvalue weighted by Crippen LogP contribution is -2.39. The molecule has 132 valence electrons. The van der Waals surface area contributed by atoms with Crippen LogP contribution in [0, 0.1) is 0 Å². The molecule has 1 aromatic carbocycles. The normalized spacial score (nSPS) is 16.0. The Morgan fingerprint density at radius 2 is 2.00 bits per heavy atom. The van der Waals surface area contributed by atoms with Gasteiger partial charge in [0.1, 0.15) is 11.6 Å². The van der Waals surface area contributed by atoms with Crippen molar-refractivity contribution in [1.82, 2.24) is 10.3 Å². The fraction of sp³-hybridized carbons (Fsp3) is 0.294. The predicted molar refractivity (Wildman–Crippen MR) is 85.3 cm³/mol. The summed E-state index contributed by atoms with van der Waals surface area (Å²) in [6.45, 7) is 0.640. The van der Waals surface area contributed by atoms with Gasteiger partial charge in [0.25, 0.3) is 5.91 Å². The Bertz CT molecular complexity index is 723. The molecule has 25 heavy (non-hydrogen) atoms. The molecular formula is C17H16F3N3O2. The molecule has 2 aromatic rings. The van der Waals surface area contributed by atoms with Crippen LogP contribution in [0.3, 0.4) is 0 Å². The van der Waals surface area contributed by atoms with Gasteiger partial charge in [-0.1, -0.05) is 18.2 Å². The van der Waals surface area contributed by atoms with E-state index in [1.54, 1.807) is 0 Å². The number of nitrogens with zero attached hydrogens (tertiary/aromatic N) is 1. The number of anilines is 1. The number of benzene rings is 1. The zero-order chi connectivity index (χ0) is 17.9. The van der Waals surface area contributed by atoms with Gasteiger partial charge in [-0.3, -0.25) is 4.79 Å². The third-order valence-corrected chi connectivity index (χ3v) is 3.76. The van der Waals surface area contributed by atoms with E-state index in [9.17, 15) is 18.0 Å². The van der Waals surface area contributed by atoms with Crippen molar-refractivity contribution in [3.63, 3.8) is 0 Å². The number of alkyl halides is 3. The van der Waals surface area contributed by atoms with Gasteiger partial charge in [-0.05, 0) is 23.8 Å². The fourth-order valence-corrected chi connectivity index (χ4v) is 2.48. The first-order valence-electron chi connectivity index (χ1n) is 7.73. The topological polar surface area (TPSA) is 63.2 Å². The number of fused-ring (bicyclic) bond motifs is 1. The first kappa shape index (κ1) is 17.1. The van der Waals surface area contributed by atoms with E-state index in [-0.39, 0.29) is 5.91 Å². The number of amides is 1. The number of halogens is 3. The Balaban J connectivity index is 1.41. The van der Waals surface area contributed by atoms with Gasteiger partial charge < -0.3 is 15.4 Å². The summed E-state index contributed by atoms with van der Waals surface area (Å²) in [5.41, 5.74) is 0.194. The maximum Gasteiger partial charge on any atom is 0.417 e. The second-order valence-corrected chi connectivity index (χ2v) is 5.57. The highest BCUT2D eigenvalue weighted by molar-refractivity contribution is 5.82.